The molecule has 20 heavy (non-hydrogen) atoms. The van der Waals surface area contributed by atoms with Gasteiger partial charge in [-0.3, -0.25) is 9.59 Å². The molecule has 0 aliphatic carbocycles. The number of anilines is 1. The monoisotopic (exact) mass is 278 g/mol. The van der Waals surface area contributed by atoms with Gasteiger partial charge in [0.25, 0.3) is 0 Å². The van der Waals surface area contributed by atoms with Crippen LogP contribution in [0, 0.1) is 5.41 Å². The fraction of sp³-hybridized carbons (Fsp3) is 0.467. The van der Waals surface area contributed by atoms with E-state index in [1.807, 2.05) is 19.1 Å². The summed E-state index contributed by atoms with van der Waals surface area (Å²) in [6, 6.07) is 7.02. The standard InChI is InChI=1S/C15H22N2O3/c1-4-15(5-2,14(19)20)13(18)17-12-8-6-11(7-9-12)10(3)16/h6-10H,4-5,16H2,1-3H3,(H,17,18)(H,19,20)/t10-/m0/s1. The van der Waals surface area contributed by atoms with Crippen molar-refractivity contribution in [3.8, 4) is 0 Å². The molecule has 5 heteroatoms. The lowest BCUT2D eigenvalue weighted by Gasteiger charge is -2.25. The molecule has 110 valence electrons. The molecule has 4 N–H and O–H groups in total. The molecular formula is C15H22N2O3. The zero-order valence-electron chi connectivity index (χ0n) is 12.1. The van der Waals surface area contributed by atoms with E-state index in [-0.39, 0.29) is 18.9 Å². The molecule has 0 spiro atoms. The fourth-order valence-electron chi connectivity index (χ4n) is 2.09. The van der Waals surface area contributed by atoms with E-state index in [1.165, 1.54) is 0 Å². The SMILES string of the molecule is CCC(CC)(C(=O)O)C(=O)Nc1ccc([C@H](C)N)cc1. The number of carboxylic acid groups (broad SMARTS) is 1. The van der Waals surface area contributed by atoms with E-state index in [0.29, 0.717) is 5.69 Å². The van der Waals surface area contributed by atoms with Crippen LogP contribution >= 0.6 is 0 Å². The summed E-state index contributed by atoms with van der Waals surface area (Å²) < 4.78 is 0. The predicted molar refractivity (Wildman–Crippen MR) is 78.3 cm³/mol. The van der Waals surface area contributed by atoms with Gasteiger partial charge in [-0.25, -0.2) is 0 Å². The molecule has 0 saturated heterocycles. The van der Waals surface area contributed by atoms with Gasteiger partial charge in [-0.15, -0.1) is 0 Å². The molecule has 0 heterocycles. The molecule has 0 unspecified atom stereocenters. The van der Waals surface area contributed by atoms with Gasteiger partial charge in [0.15, 0.2) is 0 Å². The molecular weight excluding hydrogens is 256 g/mol. The van der Waals surface area contributed by atoms with Gasteiger partial charge in [0.2, 0.25) is 5.91 Å². The molecule has 1 rings (SSSR count). The third-order valence-electron chi connectivity index (χ3n) is 3.75. The zero-order chi connectivity index (χ0) is 15.3. The Morgan fingerprint density at radius 3 is 2.10 bits per heavy atom. The molecule has 5 nitrogen and oxygen atoms in total. The summed E-state index contributed by atoms with van der Waals surface area (Å²) in [6.07, 6.45) is 0.505. The average molecular weight is 278 g/mol. The highest BCUT2D eigenvalue weighted by Gasteiger charge is 2.42. The number of nitrogens with one attached hydrogen (secondary N) is 1. The summed E-state index contributed by atoms with van der Waals surface area (Å²) in [7, 11) is 0. The van der Waals surface area contributed by atoms with Gasteiger partial charge < -0.3 is 16.2 Å². The Labute approximate surface area is 119 Å². The molecule has 0 aliphatic heterocycles. The first kappa shape index (κ1) is 16.2. The van der Waals surface area contributed by atoms with Gasteiger partial charge in [0, 0.05) is 11.7 Å². The average Bonchev–Trinajstić information content (AvgIpc) is 2.41. The van der Waals surface area contributed by atoms with Gasteiger partial charge in [-0.05, 0) is 37.5 Å². The van der Waals surface area contributed by atoms with Crippen LogP contribution in [0.4, 0.5) is 5.69 Å². The van der Waals surface area contributed by atoms with Crippen LogP contribution in [0.5, 0.6) is 0 Å². The van der Waals surface area contributed by atoms with Gasteiger partial charge >= 0.3 is 5.97 Å². The first-order valence-electron chi connectivity index (χ1n) is 6.77. The lowest BCUT2D eigenvalue weighted by Crippen LogP contribution is -2.42. The van der Waals surface area contributed by atoms with E-state index in [1.54, 1.807) is 26.0 Å². The molecule has 1 aromatic carbocycles. The molecule has 0 fully saturated rings. The summed E-state index contributed by atoms with van der Waals surface area (Å²) in [6.45, 7) is 5.28. The number of rotatable bonds is 6. The van der Waals surface area contributed by atoms with Crippen molar-refractivity contribution < 1.29 is 14.7 Å². The maximum absolute atomic E-state index is 12.2. The van der Waals surface area contributed by atoms with Crippen LogP contribution in [-0.4, -0.2) is 17.0 Å². The fourth-order valence-corrected chi connectivity index (χ4v) is 2.09. The largest absolute Gasteiger partial charge is 0.480 e. The van der Waals surface area contributed by atoms with Crippen LogP contribution in [-0.2, 0) is 9.59 Å². The second-order valence-electron chi connectivity index (χ2n) is 4.96. The van der Waals surface area contributed by atoms with Crippen LogP contribution in [0.25, 0.3) is 0 Å². The number of carbonyl (C=O) groups is 2. The van der Waals surface area contributed by atoms with Crippen molar-refractivity contribution in [3.05, 3.63) is 29.8 Å². The maximum Gasteiger partial charge on any atom is 0.319 e. The van der Waals surface area contributed by atoms with Crippen molar-refractivity contribution in [2.75, 3.05) is 5.32 Å². The molecule has 1 atom stereocenters. The van der Waals surface area contributed by atoms with Crippen LogP contribution in [0.3, 0.4) is 0 Å². The van der Waals surface area contributed by atoms with Crippen molar-refractivity contribution in [3.63, 3.8) is 0 Å². The van der Waals surface area contributed by atoms with E-state index < -0.39 is 17.3 Å². The van der Waals surface area contributed by atoms with E-state index in [2.05, 4.69) is 5.32 Å². The number of benzene rings is 1. The van der Waals surface area contributed by atoms with Crippen molar-refractivity contribution in [2.24, 2.45) is 11.1 Å². The Kier molecular flexibility index (Phi) is 5.27. The molecule has 1 amide bonds. The molecule has 0 aromatic heterocycles. The first-order chi connectivity index (χ1) is 9.37. The number of carboxylic acids is 1. The van der Waals surface area contributed by atoms with Gasteiger partial charge in [0.1, 0.15) is 5.41 Å². The minimum Gasteiger partial charge on any atom is -0.480 e. The minimum atomic E-state index is -1.38. The van der Waals surface area contributed by atoms with Crippen LogP contribution in [0.15, 0.2) is 24.3 Å². The number of aliphatic carboxylic acids is 1. The van der Waals surface area contributed by atoms with E-state index in [4.69, 9.17) is 5.73 Å². The molecule has 0 saturated carbocycles. The molecule has 0 aliphatic rings. The summed E-state index contributed by atoms with van der Waals surface area (Å²) in [5.41, 5.74) is 5.91. The molecule has 0 bridgehead atoms. The van der Waals surface area contributed by atoms with Crippen molar-refractivity contribution >= 4 is 17.6 Å². The number of nitrogens with two attached hydrogens (primary N) is 1. The second kappa shape index (κ2) is 6.52. The first-order valence-corrected chi connectivity index (χ1v) is 6.77. The minimum absolute atomic E-state index is 0.0795. The topological polar surface area (TPSA) is 92.4 Å². The third kappa shape index (κ3) is 3.17. The maximum atomic E-state index is 12.2. The van der Waals surface area contributed by atoms with Crippen molar-refractivity contribution in [1.82, 2.24) is 0 Å². The summed E-state index contributed by atoms with van der Waals surface area (Å²) in [4.78, 5) is 23.6. The molecule has 1 aromatic rings. The lowest BCUT2D eigenvalue weighted by molar-refractivity contribution is -0.154. The van der Waals surface area contributed by atoms with E-state index in [9.17, 15) is 14.7 Å². The Bertz CT molecular complexity index is 476. The van der Waals surface area contributed by atoms with Crippen molar-refractivity contribution in [2.45, 2.75) is 39.7 Å². The van der Waals surface area contributed by atoms with E-state index >= 15 is 0 Å². The highest BCUT2D eigenvalue weighted by atomic mass is 16.4. The van der Waals surface area contributed by atoms with E-state index in [0.717, 1.165) is 5.56 Å². The Morgan fingerprint density at radius 2 is 1.75 bits per heavy atom. The van der Waals surface area contributed by atoms with Crippen LogP contribution < -0.4 is 11.1 Å². The second-order valence-corrected chi connectivity index (χ2v) is 4.96. The predicted octanol–water partition coefficient (Wildman–Crippen LogP) is 2.54. The Balaban J connectivity index is 2.91. The van der Waals surface area contributed by atoms with Gasteiger partial charge in [0.05, 0.1) is 0 Å². The normalized spacial score (nSPS) is 12.8. The van der Waals surface area contributed by atoms with Gasteiger partial charge in [-0.1, -0.05) is 26.0 Å². The third-order valence-corrected chi connectivity index (χ3v) is 3.75. The summed E-state index contributed by atoms with van der Waals surface area (Å²) >= 11 is 0. The van der Waals surface area contributed by atoms with Crippen LogP contribution in [0.1, 0.15) is 45.2 Å². The quantitative estimate of drug-likeness (QED) is 0.697. The summed E-state index contributed by atoms with van der Waals surface area (Å²) in [5, 5.41) is 12.0. The van der Waals surface area contributed by atoms with Crippen molar-refractivity contribution in [1.29, 1.82) is 0 Å². The van der Waals surface area contributed by atoms with Crippen LogP contribution in [0.2, 0.25) is 0 Å². The number of amides is 1. The lowest BCUT2D eigenvalue weighted by atomic mass is 9.81. The number of hydrogen-bond acceptors (Lipinski definition) is 3. The zero-order valence-corrected chi connectivity index (χ0v) is 12.1. The Morgan fingerprint density at radius 1 is 1.25 bits per heavy atom. The van der Waals surface area contributed by atoms with Gasteiger partial charge in [-0.2, -0.15) is 0 Å². The summed E-state index contributed by atoms with van der Waals surface area (Å²) in [5.74, 6) is -1.57. The number of hydrogen-bond donors (Lipinski definition) is 3. The smallest absolute Gasteiger partial charge is 0.319 e. The number of carbonyl (C=O) groups excluding carboxylic acids is 1. The highest BCUT2D eigenvalue weighted by molar-refractivity contribution is 6.08. The molecule has 0 radical (unpaired) electrons. The Hall–Kier alpha value is -1.88. The highest BCUT2D eigenvalue weighted by Crippen LogP contribution is 2.29.